The number of likely N-dealkylation sites (tertiary alicyclic amines) is 1. The molecular weight excluding hydrogens is 410 g/mol. The standard InChI is InChI=1S/C27H33N5O/c33-27(32-18-16-31(17-19-32)26-9-3-4-14-28-26)13-10-22-6-5-15-30(20-22)21-24-12-11-23-7-1-2-8-25(23)29-24/h1-4,7-9,11-12,14,22H,5-6,10,13,15-21H2/t22-/m1/s1. The van der Waals surface area contributed by atoms with Crippen molar-refractivity contribution in [1.82, 2.24) is 19.8 Å². The highest BCUT2D eigenvalue weighted by atomic mass is 16.2. The van der Waals surface area contributed by atoms with Gasteiger partial charge in [0.1, 0.15) is 5.82 Å². The highest BCUT2D eigenvalue weighted by Gasteiger charge is 2.25. The van der Waals surface area contributed by atoms with Gasteiger partial charge in [0.15, 0.2) is 0 Å². The first-order valence-electron chi connectivity index (χ1n) is 12.3. The zero-order valence-corrected chi connectivity index (χ0v) is 19.3. The second kappa shape index (κ2) is 10.3. The monoisotopic (exact) mass is 443 g/mol. The molecule has 2 aromatic heterocycles. The van der Waals surface area contributed by atoms with Crippen LogP contribution in [0.2, 0.25) is 0 Å². The van der Waals surface area contributed by atoms with Crippen LogP contribution in [0.25, 0.3) is 10.9 Å². The Morgan fingerprint density at radius 3 is 2.64 bits per heavy atom. The number of hydrogen-bond acceptors (Lipinski definition) is 5. The predicted molar refractivity (Wildman–Crippen MR) is 132 cm³/mol. The van der Waals surface area contributed by atoms with Crippen LogP contribution in [-0.4, -0.2) is 64.9 Å². The van der Waals surface area contributed by atoms with Crippen LogP contribution < -0.4 is 4.90 Å². The van der Waals surface area contributed by atoms with Crippen molar-refractivity contribution >= 4 is 22.6 Å². The molecule has 2 aliphatic rings. The number of benzene rings is 1. The number of anilines is 1. The fraction of sp³-hybridized carbons (Fsp3) is 0.444. The number of para-hydroxylation sites is 1. The second-order valence-electron chi connectivity index (χ2n) is 9.33. The van der Waals surface area contributed by atoms with Gasteiger partial charge in [0, 0.05) is 57.3 Å². The normalized spacial score (nSPS) is 19.7. The lowest BCUT2D eigenvalue weighted by Crippen LogP contribution is -2.49. The molecule has 1 amide bonds. The molecule has 5 rings (SSSR count). The van der Waals surface area contributed by atoms with E-state index in [1.165, 1.54) is 18.2 Å². The van der Waals surface area contributed by atoms with E-state index in [-0.39, 0.29) is 0 Å². The third kappa shape index (κ3) is 5.50. The predicted octanol–water partition coefficient (Wildman–Crippen LogP) is 3.97. The Labute approximate surface area is 196 Å². The van der Waals surface area contributed by atoms with E-state index in [2.05, 4.69) is 45.1 Å². The van der Waals surface area contributed by atoms with Crippen LogP contribution in [0.4, 0.5) is 5.82 Å². The molecule has 2 fully saturated rings. The number of amides is 1. The Balaban J connectivity index is 1.08. The third-order valence-electron chi connectivity index (χ3n) is 7.02. The van der Waals surface area contributed by atoms with E-state index < -0.39 is 0 Å². The van der Waals surface area contributed by atoms with Crippen molar-refractivity contribution in [3.63, 3.8) is 0 Å². The fourth-order valence-corrected chi connectivity index (χ4v) is 5.17. The van der Waals surface area contributed by atoms with Gasteiger partial charge < -0.3 is 9.80 Å². The molecule has 1 aromatic carbocycles. The molecular formula is C27H33N5O. The zero-order valence-electron chi connectivity index (χ0n) is 19.3. The maximum atomic E-state index is 12.8. The van der Waals surface area contributed by atoms with Crippen molar-refractivity contribution in [2.24, 2.45) is 5.92 Å². The summed E-state index contributed by atoms with van der Waals surface area (Å²) in [6.07, 6.45) is 5.91. The Hall–Kier alpha value is -2.99. The average molecular weight is 444 g/mol. The zero-order chi connectivity index (χ0) is 22.5. The van der Waals surface area contributed by atoms with Crippen LogP contribution in [0.5, 0.6) is 0 Å². The topological polar surface area (TPSA) is 52.6 Å². The number of aromatic nitrogens is 2. The molecule has 0 spiro atoms. The number of pyridine rings is 2. The molecule has 0 aliphatic carbocycles. The molecule has 1 atom stereocenters. The minimum absolute atomic E-state index is 0.309. The number of fused-ring (bicyclic) bond motifs is 1. The number of carbonyl (C=O) groups excluding carboxylic acids is 1. The fourth-order valence-electron chi connectivity index (χ4n) is 5.17. The maximum absolute atomic E-state index is 12.8. The Morgan fingerprint density at radius 1 is 0.939 bits per heavy atom. The summed E-state index contributed by atoms with van der Waals surface area (Å²) in [6.45, 7) is 6.38. The van der Waals surface area contributed by atoms with Gasteiger partial charge in [0.25, 0.3) is 0 Å². The first-order chi connectivity index (χ1) is 16.2. The van der Waals surface area contributed by atoms with E-state index in [1.54, 1.807) is 0 Å². The lowest BCUT2D eigenvalue weighted by Gasteiger charge is -2.36. The summed E-state index contributed by atoms with van der Waals surface area (Å²) in [7, 11) is 0. The minimum Gasteiger partial charge on any atom is -0.353 e. The third-order valence-corrected chi connectivity index (χ3v) is 7.02. The van der Waals surface area contributed by atoms with E-state index in [1.807, 2.05) is 35.4 Å². The molecule has 6 heteroatoms. The first kappa shape index (κ1) is 21.8. The molecule has 33 heavy (non-hydrogen) atoms. The van der Waals surface area contributed by atoms with Crippen LogP contribution in [-0.2, 0) is 11.3 Å². The van der Waals surface area contributed by atoms with Crippen molar-refractivity contribution in [2.75, 3.05) is 44.2 Å². The Kier molecular flexibility index (Phi) is 6.81. The van der Waals surface area contributed by atoms with Gasteiger partial charge in [-0.3, -0.25) is 14.7 Å². The Bertz CT molecular complexity index is 1060. The summed E-state index contributed by atoms with van der Waals surface area (Å²) in [5.74, 6) is 1.91. The van der Waals surface area contributed by atoms with Crippen molar-refractivity contribution in [3.05, 3.63) is 66.5 Å². The lowest BCUT2D eigenvalue weighted by molar-refractivity contribution is -0.131. The minimum atomic E-state index is 0.309. The largest absolute Gasteiger partial charge is 0.353 e. The molecule has 4 heterocycles. The molecule has 2 aliphatic heterocycles. The molecule has 0 radical (unpaired) electrons. The van der Waals surface area contributed by atoms with E-state index in [0.717, 1.165) is 69.3 Å². The maximum Gasteiger partial charge on any atom is 0.222 e. The summed E-state index contributed by atoms with van der Waals surface area (Å²) < 4.78 is 0. The second-order valence-corrected chi connectivity index (χ2v) is 9.33. The summed E-state index contributed by atoms with van der Waals surface area (Å²) in [4.78, 5) is 29.0. The summed E-state index contributed by atoms with van der Waals surface area (Å²) in [5.41, 5.74) is 2.20. The van der Waals surface area contributed by atoms with Gasteiger partial charge in [-0.2, -0.15) is 0 Å². The highest BCUT2D eigenvalue weighted by molar-refractivity contribution is 5.78. The van der Waals surface area contributed by atoms with Crippen LogP contribution in [0.3, 0.4) is 0 Å². The number of hydrogen-bond donors (Lipinski definition) is 0. The number of piperidine rings is 1. The molecule has 172 valence electrons. The van der Waals surface area contributed by atoms with Crippen molar-refractivity contribution in [3.8, 4) is 0 Å². The van der Waals surface area contributed by atoms with E-state index in [4.69, 9.17) is 4.98 Å². The molecule has 0 unspecified atom stereocenters. The smallest absolute Gasteiger partial charge is 0.222 e. The van der Waals surface area contributed by atoms with Gasteiger partial charge in [-0.25, -0.2) is 4.98 Å². The van der Waals surface area contributed by atoms with Gasteiger partial charge >= 0.3 is 0 Å². The lowest BCUT2D eigenvalue weighted by atomic mass is 9.93. The number of piperazine rings is 1. The van der Waals surface area contributed by atoms with E-state index in [0.29, 0.717) is 18.2 Å². The van der Waals surface area contributed by atoms with Gasteiger partial charge in [-0.15, -0.1) is 0 Å². The average Bonchev–Trinajstić information content (AvgIpc) is 2.88. The first-order valence-corrected chi connectivity index (χ1v) is 12.3. The van der Waals surface area contributed by atoms with Crippen molar-refractivity contribution in [2.45, 2.75) is 32.2 Å². The summed E-state index contributed by atoms with van der Waals surface area (Å²) in [5, 5.41) is 1.19. The van der Waals surface area contributed by atoms with Crippen molar-refractivity contribution < 1.29 is 4.79 Å². The van der Waals surface area contributed by atoms with Crippen LogP contribution in [0, 0.1) is 5.92 Å². The number of nitrogens with zero attached hydrogens (tertiary/aromatic N) is 5. The van der Waals surface area contributed by atoms with Crippen LogP contribution in [0.1, 0.15) is 31.4 Å². The molecule has 6 nitrogen and oxygen atoms in total. The summed E-state index contributed by atoms with van der Waals surface area (Å²) >= 11 is 0. The molecule has 2 saturated heterocycles. The molecule has 0 bridgehead atoms. The summed E-state index contributed by atoms with van der Waals surface area (Å²) in [6, 6.07) is 18.6. The van der Waals surface area contributed by atoms with Gasteiger partial charge in [-0.1, -0.05) is 30.3 Å². The van der Waals surface area contributed by atoms with E-state index >= 15 is 0 Å². The number of rotatable bonds is 6. The van der Waals surface area contributed by atoms with Gasteiger partial charge in [0.2, 0.25) is 5.91 Å². The molecule has 0 saturated carbocycles. The van der Waals surface area contributed by atoms with Gasteiger partial charge in [0.05, 0.1) is 11.2 Å². The van der Waals surface area contributed by atoms with Crippen LogP contribution >= 0.6 is 0 Å². The van der Waals surface area contributed by atoms with Crippen LogP contribution in [0.15, 0.2) is 60.8 Å². The molecule has 0 N–H and O–H groups in total. The van der Waals surface area contributed by atoms with Gasteiger partial charge in [-0.05, 0) is 56.0 Å². The SMILES string of the molecule is O=C(CC[C@H]1CCCN(Cc2ccc3ccccc3n2)C1)N1CCN(c2ccccn2)CC1. The molecule has 3 aromatic rings. The van der Waals surface area contributed by atoms with E-state index in [9.17, 15) is 4.79 Å². The number of carbonyl (C=O) groups is 1. The van der Waals surface area contributed by atoms with Crippen molar-refractivity contribution in [1.29, 1.82) is 0 Å². The Morgan fingerprint density at radius 2 is 1.79 bits per heavy atom. The highest BCUT2D eigenvalue weighted by Crippen LogP contribution is 2.23. The quantitative estimate of drug-likeness (QED) is 0.577.